The Kier molecular flexibility index (Phi) is 1.96. The van der Waals surface area contributed by atoms with Crippen LogP contribution in [0.4, 0.5) is 0 Å². The number of hydrogen-bond donors (Lipinski definition) is 1. The fourth-order valence-corrected chi connectivity index (χ4v) is 1.45. The summed E-state index contributed by atoms with van der Waals surface area (Å²) >= 11 is 0. The second-order valence-electron chi connectivity index (χ2n) is 4.83. The number of pyridine rings is 1. The summed E-state index contributed by atoms with van der Waals surface area (Å²) in [6.45, 7) is 6.19. The summed E-state index contributed by atoms with van der Waals surface area (Å²) in [6, 6.07) is 1.85. The number of hydrogen-bond acceptors (Lipinski definition) is 2. The second kappa shape index (κ2) is 2.95. The molecule has 0 amide bonds. The highest BCUT2D eigenvalue weighted by atomic mass is 16.1. The Morgan fingerprint density at radius 1 is 1.40 bits per heavy atom. The van der Waals surface area contributed by atoms with Gasteiger partial charge in [-0.2, -0.15) is 0 Å². The van der Waals surface area contributed by atoms with Crippen molar-refractivity contribution >= 4 is 11.0 Å². The molecule has 0 saturated carbocycles. The van der Waals surface area contributed by atoms with Crippen LogP contribution in [0, 0.1) is 0 Å². The predicted octanol–water partition coefficient (Wildman–Crippen LogP) is 1.56. The fourth-order valence-electron chi connectivity index (χ4n) is 1.45. The summed E-state index contributed by atoms with van der Waals surface area (Å²) < 4.78 is 1.55. The first kappa shape index (κ1) is 9.96. The Bertz CT molecular complexity index is 557. The molecule has 0 aliphatic rings. The molecule has 80 valence electrons. The van der Waals surface area contributed by atoms with Gasteiger partial charge in [0.25, 0.3) is 5.56 Å². The van der Waals surface area contributed by atoms with Crippen molar-refractivity contribution in [3.05, 3.63) is 28.4 Å². The number of nitrogens with zero attached hydrogens (tertiary/aromatic N) is 2. The van der Waals surface area contributed by atoms with Gasteiger partial charge in [0.2, 0.25) is 0 Å². The Morgan fingerprint density at radius 3 is 2.67 bits per heavy atom. The van der Waals surface area contributed by atoms with E-state index in [4.69, 9.17) is 0 Å². The molecule has 2 aromatic heterocycles. The predicted molar refractivity (Wildman–Crippen MR) is 60.0 cm³/mol. The molecule has 2 aromatic rings. The fraction of sp³-hybridized carbons (Fsp3) is 0.455. The van der Waals surface area contributed by atoms with Crippen molar-refractivity contribution in [2.24, 2.45) is 7.05 Å². The maximum atomic E-state index is 11.8. The van der Waals surface area contributed by atoms with Crippen LogP contribution in [0.3, 0.4) is 0 Å². The molecule has 0 bridgehead atoms. The van der Waals surface area contributed by atoms with Gasteiger partial charge in [0.05, 0.1) is 5.52 Å². The minimum Gasteiger partial charge on any atom is -0.337 e. The van der Waals surface area contributed by atoms with Crippen LogP contribution in [-0.2, 0) is 12.5 Å². The van der Waals surface area contributed by atoms with Gasteiger partial charge in [-0.1, -0.05) is 20.8 Å². The number of aromatic amines is 1. The molecule has 1 N–H and O–H groups in total. The number of H-pyrrole nitrogens is 1. The van der Waals surface area contributed by atoms with E-state index in [2.05, 4.69) is 30.7 Å². The monoisotopic (exact) mass is 205 g/mol. The molecule has 4 heteroatoms. The number of aryl methyl sites for hydroxylation is 1. The van der Waals surface area contributed by atoms with Gasteiger partial charge in [0.15, 0.2) is 0 Å². The molecule has 0 saturated heterocycles. The molecule has 0 unspecified atom stereocenters. The average molecular weight is 205 g/mol. The topological polar surface area (TPSA) is 50.7 Å². The smallest absolute Gasteiger partial charge is 0.276 e. The standard InChI is InChI=1S/C11H15N3O/c1-11(2,3)10-12-7-5-6-14(4)9(15)8(7)13-10/h5-6H,1-4H3,(H,12,13). The molecule has 0 aliphatic heterocycles. The zero-order valence-corrected chi connectivity index (χ0v) is 9.46. The van der Waals surface area contributed by atoms with Gasteiger partial charge >= 0.3 is 0 Å². The van der Waals surface area contributed by atoms with Crippen molar-refractivity contribution in [3.8, 4) is 0 Å². The van der Waals surface area contributed by atoms with Crippen LogP contribution >= 0.6 is 0 Å². The first-order valence-electron chi connectivity index (χ1n) is 4.95. The Hall–Kier alpha value is -1.58. The minimum atomic E-state index is -0.0654. The summed E-state index contributed by atoms with van der Waals surface area (Å²) in [5, 5.41) is 0. The summed E-state index contributed by atoms with van der Waals surface area (Å²) in [5.74, 6) is 0.848. The van der Waals surface area contributed by atoms with Crippen molar-refractivity contribution in [3.63, 3.8) is 0 Å². The SMILES string of the molecule is Cn1ccc2nc(C(C)(C)C)[nH]c2c1=O. The molecule has 2 heterocycles. The van der Waals surface area contributed by atoms with Crippen molar-refractivity contribution in [1.82, 2.24) is 14.5 Å². The molecule has 0 radical (unpaired) electrons. The molecular weight excluding hydrogens is 190 g/mol. The third-order valence-electron chi connectivity index (χ3n) is 2.43. The molecule has 15 heavy (non-hydrogen) atoms. The van der Waals surface area contributed by atoms with Crippen LogP contribution in [0.15, 0.2) is 17.1 Å². The van der Waals surface area contributed by atoms with Crippen molar-refractivity contribution in [2.45, 2.75) is 26.2 Å². The maximum Gasteiger partial charge on any atom is 0.276 e. The average Bonchev–Trinajstić information content (AvgIpc) is 2.55. The largest absolute Gasteiger partial charge is 0.337 e. The Labute approximate surface area is 88.0 Å². The van der Waals surface area contributed by atoms with E-state index in [1.807, 2.05) is 6.07 Å². The lowest BCUT2D eigenvalue weighted by molar-refractivity contribution is 0.554. The molecular formula is C11H15N3O. The van der Waals surface area contributed by atoms with Crippen LogP contribution in [-0.4, -0.2) is 14.5 Å². The molecule has 0 atom stereocenters. The van der Waals surface area contributed by atoms with Gasteiger partial charge in [-0.05, 0) is 6.07 Å². The van der Waals surface area contributed by atoms with E-state index in [-0.39, 0.29) is 11.0 Å². The van der Waals surface area contributed by atoms with Crippen LogP contribution < -0.4 is 5.56 Å². The van der Waals surface area contributed by atoms with E-state index in [1.54, 1.807) is 17.8 Å². The van der Waals surface area contributed by atoms with E-state index in [0.717, 1.165) is 11.3 Å². The lowest BCUT2D eigenvalue weighted by Gasteiger charge is -2.13. The van der Waals surface area contributed by atoms with Crippen LogP contribution in [0.5, 0.6) is 0 Å². The summed E-state index contributed by atoms with van der Waals surface area (Å²) in [7, 11) is 1.74. The van der Waals surface area contributed by atoms with Crippen LogP contribution in [0.1, 0.15) is 26.6 Å². The third kappa shape index (κ3) is 1.56. The number of rotatable bonds is 0. The zero-order chi connectivity index (χ0) is 11.2. The van der Waals surface area contributed by atoms with Gasteiger partial charge in [0.1, 0.15) is 11.3 Å². The molecule has 0 spiro atoms. The Morgan fingerprint density at radius 2 is 2.07 bits per heavy atom. The highest BCUT2D eigenvalue weighted by Gasteiger charge is 2.19. The van der Waals surface area contributed by atoms with E-state index < -0.39 is 0 Å². The van der Waals surface area contributed by atoms with Gasteiger partial charge < -0.3 is 9.55 Å². The Balaban J connectivity index is 2.78. The van der Waals surface area contributed by atoms with Crippen molar-refractivity contribution in [1.29, 1.82) is 0 Å². The summed E-state index contributed by atoms with van der Waals surface area (Å²) in [6.07, 6.45) is 1.73. The summed E-state index contributed by atoms with van der Waals surface area (Å²) in [5.41, 5.74) is 1.23. The highest BCUT2D eigenvalue weighted by molar-refractivity contribution is 5.73. The minimum absolute atomic E-state index is 0.0319. The number of nitrogens with one attached hydrogen (secondary N) is 1. The molecule has 0 aliphatic carbocycles. The maximum absolute atomic E-state index is 11.8. The lowest BCUT2D eigenvalue weighted by atomic mass is 9.96. The molecule has 4 nitrogen and oxygen atoms in total. The normalized spacial score (nSPS) is 12.3. The van der Waals surface area contributed by atoms with E-state index in [1.165, 1.54) is 0 Å². The number of imidazole rings is 1. The zero-order valence-electron chi connectivity index (χ0n) is 9.46. The first-order chi connectivity index (χ1) is 6.89. The summed E-state index contributed by atoms with van der Waals surface area (Å²) in [4.78, 5) is 19.3. The van der Waals surface area contributed by atoms with Gasteiger partial charge in [-0.3, -0.25) is 4.79 Å². The lowest BCUT2D eigenvalue weighted by Crippen LogP contribution is -2.16. The third-order valence-corrected chi connectivity index (χ3v) is 2.43. The van der Waals surface area contributed by atoms with Crippen molar-refractivity contribution < 1.29 is 0 Å². The number of fused-ring (bicyclic) bond motifs is 1. The molecule has 2 rings (SSSR count). The quantitative estimate of drug-likeness (QED) is 0.709. The van der Waals surface area contributed by atoms with Gasteiger partial charge in [-0.25, -0.2) is 4.98 Å². The van der Waals surface area contributed by atoms with Gasteiger partial charge in [-0.15, -0.1) is 0 Å². The second-order valence-corrected chi connectivity index (χ2v) is 4.83. The van der Waals surface area contributed by atoms with Crippen LogP contribution in [0.25, 0.3) is 11.0 Å². The van der Waals surface area contributed by atoms with Crippen molar-refractivity contribution in [2.75, 3.05) is 0 Å². The first-order valence-corrected chi connectivity index (χ1v) is 4.95. The van der Waals surface area contributed by atoms with Gasteiger partial charge in [0, 0.05) is 18.7 Å². The molecule has 0 aromatic carbocycles. The van der Waals surface area contributed by atoms with E-state index in [0.29, 0.717) is 5.52 Å². The number of aromatic nitrogens is 3. The van der Waals surface area contributed by atoms with E-state index in [9.17, 15) is 4.79 Å². The van der Waals surface area contributed by atoms with Crippen LogP contribution in [0.2, 0.25) is 0 Å². The van der Waals surface area contributed by atoms with E-state index >= 15 is 0 Å². The molecule has 0 fully saturated rings. The highest BCUT2D eigenvalue weighted by Crippen LogP contribution is 2.20.